The molecule has 0 bridgehead atoms. The van der Waals surface area contributed by atoms with Crippen LogP contribution in [0, 0.1) is 0 Å². The Morgan fingerprint density at radius 2 is 1.86 bits per heavy atom. The SMILES string of the molecule is CC(OC(=O)c1cc(S(=O)(=O)NC2CC2)c(Cl)cc1Cl)C(=O)N1CCOCC1. The van der Waals surface area contributed by atoms with Crippen molar-refractivity contribution in [2.24, 2.45) is 0 Å². The number of esters is 1. The first-order valence-corrected chi connectivity index (χ1v) is 11.0. The van der Waals surface area contributed by atoms with Crippen LogP contribution in [0.5, 0.6) is 0 Å². The Morgan fingerprint density at radius 1 is 1.21 bits per heavy atom. The van der Waals surface area contributed by atoms with Gasteiger partial charge in [0, 0.05) is 19.1 Å². The van der Waals surface area contributed by atoms with Gasteiger partial charge >= 0.3 is 5.97 Å². The predicted molar refractivity (Wildman–Crippen MR) is 102 cm³/mol. The number of nitrogens with one attached hydrogen (secondary N) is 1. The summed E-state index contributed by atoms with van der Waals surface area (Å²) in [5.41, 5.74) is -0.177. The van der Waals surface area contributed by atoms with Gasteiger partial charge in [0.2, 0.25) is 10.0 Å². The molecule has 3 rings (SSSR count). The number of carbonyl (C=O) groups is 2. The van der Waals surface area contributed by atoms with Crippen LogP contribution in [-0.2, 0) is 24.3 Å². The molecule has 1 unspecified atom stereocenters. The molecule has 1 aromatic carbocycles. The Hall–Kier alpha value is -1.39. The van der Waals surface area contributed by atoms with E-state index in [9.17, 15) is 18.0 Å². The minimum absolute atomic E-state index is 0.0635. The van der Waals surface area contributed by atoms with E-state index in [1.54, 1.807) is 4.90 Å². The van der Waals surface area contributed by atoms with E-state index in [2.05, 4.69) is 4.72 Å². The Labute approximate surface area is 173 Å². The molecule has 1 atom stereocenters. The highest BCUT2D eigenvalue weighted by atomic mass is 35.5. The average molecular weight is 451 g/mol. The third-order valence-corrected chi connectivity index (χ3v) is 6.68. The maximum atomic E-state index is 12.5. The van der Waals surface area contributed by atoms with Gasteiger partial charge in [-0.2, -0.15) is 0 Å². The minimum Gasteiger partial charge on any atom is -0.449 e. The summed E-state index contributed by atoms with van der Waals surface area (Å²) in [6.07, 6.45) is 0.447. The van der Waals surface area contributed by atoms with Gasteiger partial charge in [-0.05, 0) is 31.9 Å². The van der Waals surface area contributed by atoms with E-state index in [0.717, 1.165) is 18.9 Å². The van der Waals surface area contributed by atoms with Crippen LogP contribution in [0.25, 0.3) is 0 Å². The van der Waals surface area contributed by atoms with Crippen molar-refractivity contribution in [2.75, 3.05) is 26.3 Å². The van der Waals surface area contributed by atoms with Gasteiger partial charge in [0.15, 0.2) is 6.10 Å². The maximum absolute atomic E-state index is 12.5. The molecule has 0 radical (unpaired) electrons. The van der Waals surface area contributed by atoms with Crippen LogP contribution < -0.4 is 4.72 Å². The van der Waals surface area contributed by atoms with Crippen LogP contribution in [0.3, 0.4) is 0 Å². The highest BCUT2D eigenvalue weighted by Gasteiger charge is 2.31. The number of nitrogens with zero attached hydrogens (tertiary/aromatic N) is 1. The van der Waals surface area contributed by atoms with Crippen LogP contribution in [0.15, 0.2) is 17.0 Å². The van der Waals surface area contributed by atoms with E-state index in [4.69, 9.17) is 32.7 Å². The van der Waals surface area contributed by atoms with Gasteiger partial charge in [-0.15, -0.1) is 0 Å². The molecule has 0 aromatic heterocycles. The Morgan fingerprint density at radius 3 is 2.46 bits per heavy atom. The molecule has 0 spiro atoms. The van der Waals surface area contributed by atoms with Crippen molar-refractivity contribution in [3.05, 3.63) is 27.7 Å². The Balaban J connectivity index is 1.77. The molecule has 1 saturated heterocycles. The third-order valence-electron chi connectivity index (χ3n) is 4.38. The lowest BCUT2D eigenvalue weighted by Crippen LogP contribution is -2.46. The molecule has 11 heteroatoms. The van der Waals surface area contributed by atoms with Crippen LogP contribution in [-0.4, -0.2) is 63.6 Å². The highest BCUT2D eigenvalue weighted by molar-refractivity contribution is 7.89. The lowest BCUT2D eigenvalue weighted by atomic mass is 10.2. The highest BCUT2D eigenvalue weighted by Crippen LogP contribution is 2.31. The topological polar surface area (TPSA) is 102 Å². The van der Waals surface area contributed by atoms with Gasteiger partial charge in [-0.3, -0.25) is 4.79 Å². The molecule has 1 saturated carbocycles. The summed E-state index contributed by atoms with van der Waals surface area (Å²) in [4.78, 5) is 26.2. The second-order valence-electron chi connectivity index (χ2n) is 6.64. The number of halogens is 2. The molecule has 1 N–H and O–H groups in total. The maximum Gasteiger partial charge on any atom is 0.340 e. The first-order valence-electron chi connectivity index (χ1n) is 8.78. The molecule has 28 heavy (non-hydrogen) atoms. The summed E-state index contributed by atoms with van der Waals surface area (Å²) >= 11 is 12.1. The number of sulfonamides is 1. The van der Waals surface area contributed by atoms with Gasteiger partial charge in [0.1, 0.15) is 4.90 Å². The van der Waals surface area contributed by atoms with Crippen molar-refractivity contribution >= 4 is 45.1 Å². The zero-order valence-corrected chi connectivity index (χ0v) is 17.4. The molecule has 1 aromatic rings. The van der Waals surface area contributed by atoms with E-state index in [1.165, 1.54) is 13.0 Å². The van der Waals surface area contributed by atoms with Gasteiger partial charge in [0.05, 0.1) is 28.8 Å². The molecule has 154 valence electrons. The van der Waals surface area contributed by atoms with Crippen molar-refractivity contribution in [1.82, 2.24) is 9.62 Å². The molecule has 1 aliphatic heterocycles. The fourth-order valence-electron chi connectivity index (χ4n) is 2.69. The molecule has 1 amide bonds. The van der Waals surface area contributed by atoms with Crippen LogP contribution in [0.1, 0.15) is 30.1 Å². The van der Waals surface area contributed by atoms with Gasteiger partial charge in [-0.25, -0.2) is 17.9 Å². The van der Waals surface area contributed by atoms with Crippen molar-refractivity contribution in [3.63, 3.8) is 0 Å². The van der Waals surface area contributed by atoms with Crippen LogP contribution in [0.2, 0.25) is 10.0 Å². The molecule has 8 nitrogen and oxygen atoms in total. The van der Waals surface area contributed by atoms with Crippen LogP contribution >= 0.6 is 23.2 Å². The van der Waals surface area contributed by atoms with Crippen molar-refractivity contribution in [2.45, 2.75) is 36.8 Å². The molecule has 2 aliphatic rings. The number of hydrogen-bond donors (Lipinski definition) is 1. The summed E-state index contributed by atoms with van der Waals surface area (Å²) in [5, 5.41) is -0.168. The number of morpholine rings is 1. The second kappa shape index (κ2) is 8.54. The Bertz CT molecular complexity index is 882. The number of amides is 1. The third kappa shape index (κ3) is 4.96. The number of hydrogen-bond acceptors (Lipinski definition) is 6. The number of rotatable bonds is 6. The summed E-state index contributed by atoms with van der Waals surface area (Å²) in [5.74, 6) is -1.26. The monoisotopic (exact) mass is 450 g/mol. The number of ether oxygens (including phenoxy) is 2. The standard InChI is InChI=1S/C17H20Cl2N2O6S/c1-10(16(22)21-4-6-26-7-5-21)27-17(23)12-8-15(14(19)9-13(12)18)28(24,25)20-11-2-3-11/h8-11,20H,2-7H2,1H3. The van der Waals surface area contributed by atoms with E-state index in [-0.39, 0.29) is 32.5 Å². The first kappa shape index (κ1) is 21.3. The molecule has 1 aliphatic carbocycles. The predicted octanol–water partition coefficient (Wildman–Crippen LogP) is 1.84. The van der Waals surface area contributed by atoms with Crippen LogP contribution in [0.4, 0.5) is 0 Å². The molecule has 2 fully saturated rings. The zero-order chi connectivity index (χ0) is 20.5. The Kier molecular flexibility index (Phi) is 6.51. The molecular formula is C17H20Cl2N2O6S. The van der Waals surface area contributed by atoms with Crippen molar-refractivity contribution in [1.29, 1.82) is 0 Å². The molecular weight excluding hydrogens is 431 g/mol. The van der Waals surface area contributed by atoms with E-state index < -0.39 is 22.1 Å². The smallest absolute Gasteiger partial charge is 0.340 e. The summed E-state index contributed by atoms with van der Waals surface area (Å²) in [6, 6.07) is 2.12. The summed E-state index contributed by atoms with van der Waals surface area (Å²) < 4.78 is 37.8. The lowest BCUT2D eigenvalue weighted by Gasteiger charge is -2.29. The fraction of sp³-hybridized carbons (Fsp3) is 0.529. The quantitative estimate of drug-likeness (QED) is 0.663. The second-order valence-corrected chi connectivity index (χ2v) is 9.14. The first-order chi connectivity index (χ1) is 13.2. The van der Waals surface area contributed by atoms with E-state index in [0.29, 0.717) is 26.3 Å². The van der Waals surface area contributed by atoms with Gasteiger partial charge in [0.25, 0.3) is 5.91 Å². The zero-order valence-electron chi connectivity index (χ0n) is 15.1. The fourth-order valence-corrected chi connectivity index (χ4v) is 4.85. The molecule has 1 heterocycles. The van der Waals surface area contributed by atoms with Gasteiger partial charge in [-0.1, -0.05) is 23.2 Å². The summed E-state index contributed by atoms with van der Waals surface area (Å²) in [6.45, 7) is 3.12. The van der Waals surface area contributed by atoms with Gasteiger partial charge < -0.3 is 14.4 Å². The number of benzene rings is 1. The largest absolute Gasteiger partial charge is 0.449 e. The summed E-state index contributed by atoms with van der Waals surface area (Å²) in [7, 11) is -3.90. The van der Waals surface area contributed by atoms with Crippen molar-refractivity contribution < 1.29 is 27.5 Å². The average Bonchev–Trinajstić information content (AvgIpc) is 3.44. The number of carbonyl (C=O) groups excluding carboxylic acids is 2. The lowest BCUT2D eigenvalue weighted by molar-refractivity contribution is -0.143. The van der Waals surface area contributed by atoms with E-state index >= 15 is 0 Å². The van der Waals surface area contributed by atoms with E-state index in [1.807, 2.05) is 0 Å². The minimum atomic E-state index is -3.90. The normalized spacial score (nSPS) is 18.6. The van der Waals surface area contributed by atoms with Crippen molar-refractivity contribution in [3.8, 4) is 0 Å².